The third kappa shape index (κ3) is 3.64. The van der Waals surface area contributed by atoms with Crippen LogP contribution in [0.5, 0.6) is 0 Å². The van der Waals surface area contributed by atoms with Crippen LogP contribution in [0.1, 0.15) is 53.4 Å². The van der Waals surface area contributed by atoms with Gasteiger partial charge in [-0.05, 0) is 5.92 Å². The molecule has 0 spiro atoms. The minimum Gasteiger partial charge on any atom is -0.0680 e. The van der Waals surface area contributed by atoms with E-state index >= 15 is 0 Å². The summed E-state index contributed by atoms with van der Waals surface area (Å²) in [5.74, 6) is 1.86. The fourth-order valence-electron chi connectivity index (χ4n) is 2.34. The molecule has 1 saturated carbocycles. The van der Waals surface area contributed by atoms with Crippen molar-refractivity contribution < 1.29 is 0 Å². The molecule has 1 fully saturated rings. The first-order valence-corrected chi connectivity index (χ1v) is 5.33. The van der Waals surface area contributed by atoms with Gasteiger partial charge in [-0.1, -0.05) is 64.5 Å². The van der Waals surface area contributed by atoms with Crippen molar-refractivity contribution in [3.05, 3.63) is 0 Å². The van der Waals surface area contributed by atoms with Crippen molar-refractivity contribution >= 4 is 7.28 Å². The minimum absolute atomic E-state index is 0.418. The van der Waals surface area contributed by atoms with E-state index in [1.807, 2.05) is 0 Å². The van der Waals surface area contributed by atoms with E-state index in [1.54, 1.807) is 0 Å². The second-order valence-electron chi connectivity index (χ2n) is 5.56. The highest BCUT2D eigenvalue weighted by atomic mass is 14.2. The Kier molecular flexibility index (Phi) is 3.26. The zero-order valence-corrected chi connectivity index (χ0v) is 9.06. The Morgan fingerprint density at radius 1 is 1.17 bits per heavy atom. The molecule has 0 nitrogen and oxygen atoms in total. The van der Waals surface area contributed by atoms with Crippen molar-refractivity contribution in [1.82, 2.24) is 0 Å². The predicted molar refractivity (Wildman–Crippen MR) is 56.9 cm³/mol. The van der Waals surface area contributed by atoms with Crippen molar-refractivity contribution in [2.75, 3.05) is 0 Å². The SMILES string of the molecule is CC1CCCC([B]C(C)(C)C)C1. The van der Waals surface area contributed by atoms with Crippen molar-refractivity contribution in [3.63, 3.8) is 0 Å². The molecule has 2 unspecified atom stereocenters. The lowest BCUT2D eigenvalue weighted by atomic mass is 9.45. The Morgan fingerprint density at radius 3 is 2.33 bits per heavy atom. The monoisotopic (exact) mass is 165 g/mol. The normalized spacial score (nSPS) is 31.7. The molecular weight excluding hydrogens is 143 g/mol. The van der Waals surface area contributed by atoms with Gasteiger partial charge >= 0.3 is 0 Å². The maximum absolute atomic E-state index is 2.56. The van der Waals surface area contributed by atoms with Crippen LogP contribution in [0, 0.1) is 5.92 Å². The molecule has 1 rings (SSSR count). The number of hydrogen-bond acceptors (Lipinski definition) is 0. The first kappa shape index (κ1) is 10.1. The van der Waals surface area contributed by atoms with Crippen LogP contribution in [-0.4, -0.2) is 7.28 Å². The van der Waals surface area contributed by atoms with Crippen molar-refractivity contribution in [3.8, 4) is 0 Å². The van der Waals surface area contributed by atoms with Crippen LogP contribution in [0.25, 0.3) is 0 Å². The van der Waals surface area contributed by atoms with Crippen LogP contribution in [0.2, 0.25) is 11.1 Å². The zero-order chi connectivity index (χ0) is 9.19. The molecule has 1 radical (unpaired) electrons. The fourth-order valence-corrected chi connectivity index (χ4v) is 2.34. The topological polar surface area (TPSA) is 0 Å². The van der Waals surface area contributed by atoms with Gasteiger partial charge in [-0.25, -0.2) is 0 Å². The smallest absolute Gasteiger partial charge is 0.0680 e. The van der Waals surface area contributed by atoms with Gasteiger partial charge in [0.15, 0.2) is 0 Å². The van der Waals surface area contributed by atoms with Crippen molar-refractivity contribution in [2.24, 2.45) is 5.92 Å². The van der Waals surface area contributed by atoms with E-state index in [0.717, 1.165) is 11.7 Å². The summed E-state index contributed by atoms with van der Waals surface area (Å²) < 4.78 is 0. The first-order valence-electron chi connectivity index (χ1n) is 5.33. The molecule has 1 aliphatic carbocycles. The van der Waals surface area contributed by atoms with Gasteiger partial charge in [0.25, 0.3) is 0 Å². The summed E-state index contributed by atoms with van der Waals surface area (Å²) in [4.78, 5) is 0. The van der Waals surface area contributed by atoms with Crippen LogP contribution in [0.4, 0.5) is 0 Å². The van der Waals surface area contributed by atoms with Crippen LogP contribution >= 0.6 is 0 Å². The highest BCUT2D eigenvalue weighted by Gasteiger charge is 2.24. The maximum atomic E-state index is 2.56. The molecule has 0 aromatic carbocycles. The Balaban J connectivity index is 2.32. The number of rotatable bonds is 1. The molecule has 0 aromatic heterocycles. The molecule has 2 atom stereocenters. The van der Waals surface area contributed by atoms with Gasteiger partial charge in [0.05, 0.1) is 0 Å². The fraction of sp³-hybridized carbons (Fsp3) is 1.00. The van der Waals surface area contributed by atoms with Crippen LogP contribution in [-0.2, 0) is 0 Å². The van der Waals surface area contributed by atoms with E-state index in [1.165, 1.54) is 25.7 Å². The second-order valence-corrected chi connectivity index (χ2v) is 5.56. The van der Waals surface area contributed by atoms with Gasteiger partial charge in [0, 0.05) is 0 Å². The van der Waals surface area contributed by atoms with Crippen molar-refractivity contribution in [2.45, 2.75) is 64.5 Å². The second kappa shape index (κ2) is 3.85. The van der Waals surface area contributed by atoms with E-state index in [2.05, 4.69) is 35.0 Å². The van der Waals surface area contributed by atoms with E-state index in [9.17, 15) is 0 Å². The molecule has 69 valence electrons. The van der Waals surface area contributed by atoms with Gasteiger partial charge in [-0.2, -0.15) is 0 Å². The summed E-state index contributed by atoms with van der Waals surface area (Å²) in [6, 6.07) is 0. The largest absolute Gasteiger partial charge is 0.120 e. The number of hydrogen-bond donors (Lipinski definition) is 0. The molecule has 1 heteroatoms. The molecule has 12 heavy (non-hydrogen) atoms. The van der Waals surface area contributed by atoms with E-state index in [-0.39, 0.29) is 0 Å². The third-order valence-corrected chi connectivity index (χ3v) is 2.71. The summed E-state index contributed by atoms with van der Waals surface area (Å²) in [6.07, 6.45) is 5.76. The van der Waals surface area contributed by atoms with Gasteiger partial charge < -0.3 is 0 Å². The first-order chi connectivity index (χ1) is 5.47. The zero-order valence-electron chi connectivity index (χ0n) is 9.06. The lowest BCUT2D eigenvalue weighted by Gasteiger charge is -2.30. The lowest BCUT2D eigenvalue weighted by Crippen LogP contribution is -2.20. The molecule has 0 bridgehead atoms. The van der Waals surface area contributed by atoms with Crippen molar-refractivity contribution in [1.29, 1.82) is 0 Å². The molecule has 0 amide bonds. The highest BCUT2D eigenvalue weighted by Crippen LogP contribution is 2.37. The van der Waals surface area contributed by atoms with Gasteiger partial charge in [-0.15, -0.1) is 0 Å². The van der Waals surface area contributed by atoms with Gasteiger partial charge in [0.1, 0.15) is 7.28 Å². The Labute approximate surface area is 78.4 Å². The standard InChI is InChI=1S/C11H22B/c1-9-6-5-7-10(8-9)12-11(2,3)4/h9-10H,5-8H2,1-4H3. The van der Waals surface area contributed by atoms with E-state index in [0.29, 0.717) is 5.31 Å². The maximum Gasteiger partial charge on any atom is 0.120 e. The highest BCUT2D eigenvalue weighted by molar-refractivity contribution is 6.41. The summed E-state index contributed by atoms with van der Waals surface area (Å²) in [5, 5.41) is 0.418. The quantitative estimate of drug-likeness (QED) is 0.516. The Bertz CT molecular complexity index is 134. The Morgan fingerprint density at radius 2 is 1.83 bits per heavy atom. The average Bonchev–Trinajstić information content (AvgIpc) is 1.82. The molecule has 0 aromatic rings. The summed E-state index contributed by atoms with van der Waals surface area (Å²) >= 11 is 0. The molecule has 1 aliphatic rings. The minimum atomic E-state index is 0.418. The predicted octanol–water partition coefficient (Wildman–Crippen LogP) is 3.91. The molecule has 0 N–H and O–H groups in total. The molecular formula is C11H22B. The van der Waals surface area contributed by atoms with Crippen LogP contribution < -0.4 is 0 Å². The third-order valence-electron chi connectivity index (χ3n) is 2.71. The lowest BCUT2D eigenvalue weighted by molar-refractivity contribution is 0.380. The van der Waals surface area contributed by atoms with Gasteiger partial charge in [-0.3, -0.25) is 0 Å². The van der Waals surface area contributed by atoms with E-state index < -0.39 is 0 Å². The van der Waals surface area contributed by atoms with Gasteiger partial charge in [0.2, 0.25) is 0 Å². The summed E-state index contributed by atoms with van der Waals surface area (Å²) in [7, 11) is 2.56. The molecule has 0 heterocycles. The van der Waals surface area contributed by atoms with Crippen LogP contribution in [0.15, 0.2) is 0 Å². The Hall–Kier alpha value is 0.0649. The average molecular weight is 165 g/mol. The van der Waals surface area contributed by atoms with E-state index in [4.69, 9.17) is 0 Å². The molecule has 0 aliphatic heterocycles. The summed E-state index contributed by atoms with van der Waals surface area (Å²) in [5.41, 5.74) is 0. The summed E-state index contributed by atoms with van der Waals surface area (Å²) in [6.45, 7) is 9.33. The van der Waals surface area contributed by atoms with Crippen LogP contribution in [0.3, 0.4) is 0 Å². The molecule has 0 saturated heterocycles.